The van der Waals surface area contributed by atoms with Gasteiger partial charge in [-0.1, -0.05) is 42.1 Å². The van der Waals surface area contributed by atoms with Crippen molar-refractivity contribution in [1.82, 2.24) is 9.97 Å². The highest BCUT2D eigenvalue weighted by Crippen LogP contribution is 2.36. The van der Waals surface area contributed by atoms with Crippen LogP contribution in [0.25, 0.3) is 10.2 Å². The van der Waals surface area contributed by atoms with Gasteiger partial charge in [0, 0.05) is 4.88 Å². The molecule has 7 heteroatoms. The highest BCUT2D eigenvalue weighted by Gasteiger charge is 2.23. The molecule has 0 spiro atoms. The largest absolute Gasteiger partial charge is 0.368 e. The Morgan fingerprint density at radius 3 is 2.76 bits per heavy atom. The first-order valence-electron chi connectivity index (χ1n) is 8.19. The topological polar surface area (TPSA) is 88.8 Å². The fraction of sp³-hybridized carbons (Fsp3) is 0.278. The fourth-order valence-electron chi connectivity index (χ4n) is 3.23. The third-order valence-electron chi connectivity index (χ3n) is 4.39. The summed E-state index contributed by atoms with van der Waals surface area (Å²) in [6, 6.07) is 9.30. The second-order valence-electron chi connectivity index (χ2n) is 6.07. The zero-order valence-corrected chi connectivity index (χ0v) is 15.1. The molecule has 1 amide bonds. The summed E-state index contributed by atoms with van der Waals surface area (Å²) in [5, 5.41) is 0.569. The number of carbonyl (C=O) groups excluding carboxylic acids is 1. The normalized spacial score (nSPS) is 15.0. The number of nitrogens with one attached hydrogen (secondary N) is 1. The Balaban J connectivity index is 1.74. The zero-order valence-electron chi connectivity index (χ0n) is 13.5. The van der Waals surface area contributed by atoms with Crippen LogP contribution >= 0.6 is 23.1 Å². The Morgan fingerprint density at radius 2 is 2.00 bits per heavy atom. The highest BCUT2D eigenvalue weighted by molar-refractivity contribution is 8.00. The van der Waals surface area contributed by atoms with Gasteiger partial charge < -0.3 is 10.7 Å². The molecule has 1 aliphatic carbocycles. The number of benzene rings is 1. The van der Waals surface area contributed by atoms with Crippen LogP contribution in [0.1, 0.15) is 34.1 Å². The zero-order chi connectivity index (χ0) is 17.4. The number of thioether (sulfide) groups is 1. The maximum absolute atomic E-state index is 12.6. The minimum Gasteiger partial charge on any atom is -0.368 e. The van der Waals surface area contributed by atoms with Crippen molar-refractivity contribution in [2.24, 2.45) is 5.73 Å². The number of primary amides is 1. The number of aryl methyl sites for hydroxylation is 2. The van der Waals surface area contributed by atoms with Gasteiger partial charge in [0.2, 0.25) is 5.91 Å². The van der Waals surface area contributed by atoms with Crippen molar-refractivity contribution in [2.45, 2.75) is 36.1 Å². The number of aromatic amines is 1. The summed E-state index contributed by atoms with van der Waals surface area (Å²) in [5.41, 5.74) is 7.41. The number of hydrogen-bond acceptors (Lipinski definition) is 5. The van der Waals surface area contributed by atoms with Crippen LogP contribution in [-0.2, 0) is 17.6 Å². The number of rotatable bonds is 4. The van der Waals surface area contributed by atoms with E-state index in [0.717, 1.165) is 47.0 Å². The van der Waals surface area contributed by atoms with E-state index in [9.17, 15) is 9.59 Å². The Kier molecular flexibility index (Phi) is 4.35. The van der Waals surface area contributed by atoms with Crippen molar-refractivity contribution in [3.63, 3.8) is 0 Å². The molecule has 0 unspecified atom stereocenters. The first-order chi connectivity index (χ1) is 12.1. The van der Waals surface area contributed by atoms with E-state index in [1.165, 1.54) is 16.6 Å². The average Bonchev–Trinajstić information content (AvgIpc) is 2.99. The van der Waals surface area contributed by atoms with Gasteiger partial charge >= 0.3 is 0 Å². The number of carbonyl (C=O) groups is 1. The summed E-state index contributed by atoms with van der Waals surface area (Å²) in [4.78, 5) is 34.0. The number of amides is 1. The predicted molar refractivity (Wildman–Crippen MR) is 101 cm³/mol. The summed E-state index contributed by atoms with van der Waals surface area (Å²) in [7, 11) is 0. The Labute approximate surface area is 152 Å². The molecule has 0 saturated heterocycles. The van der Waals surface area contributed by atoms with E-state index in [1.807, 2.05) is 30.3 Å². The SMILES string of the molecule is NC(=O)[C@@H](Sc1nc2sc3c(c2c(=O)[nH]1)CCCC3)c1ccccc1. The van der Waals surface area contributed by atoms with Gasteiger partial charge in [0.15, 0.2) is 5.16 Å². The lowest BCUT2D eigenvalue weighted by Gasteiger charge is -2.12. The molecule has 2 aromatic heterocycles. The number of fused-ring (bicyclic) bond motifs is 3. The number of nitrogens with zero attached hydrogens (tertiary/aromatic N) is 1. The standard InChI is InChI=1S/C18H17N3O2S2/c19-15(22)14(10-6-2-1-3-7-10)25-18-20-16(23)13-11-8-4-5-9-12(11)24-17(13)21-18/h1-3,6-7,14H,4-5,8-9H2,(H2,19,22)(H,20,21,23)/t14-/m0/s1. The molecule has 3 N–H and O–H groups in total. The molecule has 4 rings (SSSR count). The van der Waals surface area contributed by atoms with Crippen LogP contribution in [0, 0.1) is 0 Å². The molecule has 1 aromatic carbocycles. The number of nitrogens with two attached hydrogens (primary N) is 1. The summed E-state index contributed by atoms with van der Waals surface area (Å²) in [6.07, 6.45) is 4.25. The lowest BCUT2D eigenvalue weighted by Crippen LogP contribution is -2.20. The summed E-state index contributed by atoms with van der Waals surface area (Å²) >= 11 is 2.79. The van der Waals surface area contributed by atoms with E-state index in [-0.39, 0.29) is 5.56 Å². The van der Waals surface area contributed by atoms with Crippen molar-refractivity contribution in [1.29, 1.82) is 0 Å². The minimum atomic E-state index is -0.587. The van der Waals surface area contributed by atoms with Gasteiger partial charge in [-0.3, -0.25) is 9.59 Å². The molecule has 128 valence electrons. The highest BCUT2D eigenvalue weighted by atomic mass is 32.2. The summed E-state index contributed by atoms with van der Waals surface area (Å²) in [6.45, 7) is 0. The minimum absolute atomic E-state index is 0.122. The maximum atomic E-state index is 12.6. The lowest BCUT2D eigenvalue weighted by molar-refractivity contribution is -0.117. The van der Waals surface area contributed by atoms with Crippen LogP contribution in [0.15, 0.2) is 40.3 Å². The Hall–Kier alpha value is -2.12. The molecule has 1 aliphatic rings. The van der Waals surface area contributed by atoms with Gasteiger partial charge in [0.1, 0.15) is 10.1 Å². The summed E-state index contributed by atoms with van der Waals surface area (Å²) in [5.74, 6) is -0.454. The Morgan fingerprint density at radius 1 is 1.24 bits per heavy atom. The van der Waals surface area contributed by atoms with Crippen LogP contribution in [0.4, 0.5) is 0 Å². The quantitative estimate of drug-likeness (QED) is 0.544. The van der Waals surface area contributed by atoms with Crippen LogP contribution in [0.2, 0.25) is 0 Å². The van der Waals surface area contributed by atoms with Crippen molar-refractivity contribution in [2.75, 3.05) is 0 Å². The molecule has 3 aromatic rings. The third-order valence-corrected chi connectivity index (χ3v) is 6.74. The van der Waals surface area contributed by atoms with Gasteiger partial charge in [-0.05, 0) is 36.8 Å². The van der Waals surface area contributed by atoms with Crippen LogP contribution < -0.4 is 11.3 Å². The van der Waals surface area contributed by atoms with Crippen molar-refractivity contribution in [3.05, 3.63) is 56.7 Å². The lowest BCUT2D eigenvalue weighted by atomic mass is 9.97. The van der Waals surface area contributed by atoms with E-state index >= 15 is 0 Å². The van der Waals surface area contributed by atoms with Crippen molar-refractivity contribution < 1.29 is 4.79 Å². The molecule has 0 bridgehead atoms. The first-order valence-corrected chi connectivity index (χ1v) is 9.88. The molecule has 1 atom stereocenters. The van der Waals surface area contributed by atoms with Gasteiger partial charge in [-0.2, -0.15) is 0 Å². The summed E-state index contributed by atoms with van der Waals surface area (Å²) < 4.78 is 0. The average molecular weight is 371 g/mol. The molecular formula is C18H17N3O2S2. The molecule has 0 radical (unpaired) electrons. The van der Waals surface area contributed by atoms with E-state index in [0.29, 0.717) is 5.16 Å². The molecule has 0 aliphatic heterocycles. The third kappa shape index (κ3) is 3.09. The van der Waals surface area contributed by atoms with E-state index in [1.54, 1.807) is 11.3 Å². The fourth-order valence-corrected chi connectivity index (χ4v) is 5.48. The Bertz CT molecular complexity index is 995. The van der Waals surface area contributed by atoms with Gasteiger partial charge in [-0.25, -0.2) is 4.98 Å². The molecule has 2 heterocycles. The van der Waals surface area contributed by atoms with Gasteiger partial charge in [-0.15, -0.1) is 11.3 Å². The van der Waals surface area contributed by atoms with E-state index < -0.39 is 11.2 Å². The van der Waals surface area contributed by atoms with E-state index in [4.69, 9.17) is 5.73 Å². The molecule has 5 nitrogen and oxygen atoms in total. The van der Waals surface area contributed by atoms with Crippen LogP contribution in [0.5, 0.6) is 0 Å². The number of hydrogen-bond donors (Lipinski definition) is 2. The second-order valence-corrected chi connectivity index (χ2v) is 8.25. The number of H-pyrrole nitrogens is 1. The molecule has 0 fully saturated rings. The monoisotopic (exact) mass is 371 g/mol. The number of thiophene rings is 1. The molecule has 0 saturated carbocycles. The van der Waals surface area contributed by atoms with E-state index in [2.05, 4.69) is 9.97 Å². The molecule has 25 heavy (non-hydrogen) atoms. The maximum Gasteiger partial charge on any atom is 0.260 e. The molecular weight excluding hydrogens is 354 g/mol. The van der Waals surface area contributed by atoms with Crippen molar-refractivity contribution >= 4 is 39.2 Å². The van der Waals surface area contributed by atoms with Crippen LogP contribution in [0.3, 0.4) is 0 Å². The van der Waals surface area contributed by atoms with Crippen LogP contribution in [-0.4, -0.2) is 15.9 Å². The van der Waals surface area contributed by atoms with Gasteiger partial charge in [0.05, 0.1) is 5.39 Å². The van der Waals surface area contributed by atoms with Gasteiger partial charge in [0.25, 0.3) is 5.56 Å². The van der Waals surface area contributed by atoms with Crippen molar-refractivity contribution in [3.8, 4) is 0 Å². The first kappa shape index (κ1) is 16.4. The smallest absolute Gasteiger partial charge is 0.260 e. The number of aromatic nitrogens is 2. The second kappa shape index (κ2) is 6.65. The predicted octanol–water partition coefficient (Wildman–Crippen LogP) is 3.18.